The van der Waals surface area contributed by atoms with Gasteiger partial charge in [-0.05, 0) is 41.9 Å². The van der Waals surface area contributed by atoms with Gasteiger partial charge in [0.05, 0.1) is 5.52 Å². The van der Waals surface area contributed by atoms with Crippen LogP contribution in [-0.2, 0) is 24.3 Å². The number of aryl methyl sites for hydroxylation is 2. The lowest BCUT2D eigenvalue weighted by atomic mass is 10.1. The van der Waals surface area contributed by atoms with E-state index in [0.29, 0.717) is 5.52 Å². The Morgan fingerprint density at radius 3 is 2.68 bits per heavy atom. The van der Waals surface area contributed by atoms with E-state index < -0.39 is 11.2 Å². The lowest BCUT2D eigenvalue weighted by molar-refractivity contribution is -0.116. The van der Waals surface area contributed by atoms with Gasteiger partial charge in [-0.15, -0.1) is 0 Å². The van der Waals surface area contributed by atoms with Crippen molar-refractivity contribution in [2.45, 2.75) is 47.2 Å². The third kappa shape index (κ3) is 3.77. The zero-order chi connectivity index (χ0) is 20.4. The summed E-state index contributed by atoms with van der Waals surface area (Å²) in [6, 6.07) is 5.86. The number of carbonyl (C=O) groups is 1. The SMILES string of the molecule is CCc1cccc(C)c1NC(=O)Cn1c(=O)n(CC(C)C)c(=O)c2nscc21. The summed E-state index contributed by atoms with van der Waals surface area (Å²) in [5.74, 6) is -0.198. The maximum absolute atomic E-state index is 12.9. The summed E-state index contributed by atoms with van der Waals surface area (Å²) in [5, 5.41) is 4.57. The maximum atomic E-state index is 12.9. The second-order valence-electron chi connectivity index (χ2n) is 7.24. The molecule has 0 saturated heterocycles. The number of carbonyl (C=O) groups excluding carboxylic acids is 1. The molecule has 3 rings (SSSR count). The minimum atomic E-state index is -0.484. The van der Waals surface area contributed by atoms with Gasteiger partial charge in [-0.25, -0.2) is 4.79 Å². The van der Waals surface area contributed by atoms with Crippen molar-refractivity contribution in [3.63, 3.8) is 0 Å². The van der Waals surface area contributed by atoms with Crippen LogP contribution in [0.3, 0.4) is 0 Å². The molecule has 3 aromatic rings. The Labute approximate surface area is 166 Å². The fraction of sp³-hybridized carbons (Fsp3) is 0.400. The standard InChI is InChI=1S/C20H24N4O3S/c1-5-14-8-6-7-13(4)17(14)21-16(25)10-23-15-11-28-22-18(15)19(26)24(20(23)27)9-12(2)3/h6-8,11-12H,5,9-10H2,1-4H3,(H,21,25). The normalized spacial score (nSPS) is 11.3. The van der Waals surface area contributed by atoms with Crippen LogP contribution in [0.25, 0.3) is 11.0 Å². The van der Waals surface area contributed by atoms with E-state index in [9.17, 15) is 14.4 Å². The van der Waals surface area contributed by atoms with E-state index in [2.05, 4.69) is 9.69 Å². The van der Waals surface area contributed by atoms with Crippen LogP contribution in [0.4, 0.5) is 5.69 Å². The molecular weight excluding hydrogens is 376 g/mol. The van der Waals surface area contributed by atoms with E-state index in [1.807, 2.05) is 45.9 Å². The third-order valence-corrected chi connectivity index (χ3v) is 5.22. The van der Waals surface area contributed by atoms with E-state index in [1.54, 1.807) is 5.38 Å². The predicted octanol–water partition coefficient (Wildman–Crippen LogP) is 2.79. The van der Waals surface area contributed by atoms with Gasteiger partial charge in [-0.2, -0.15) is 4.37 Å². The van der Waals surface area contributed by atoms with Crippen LogP contribution in [0.1, 0.15) is 31.9 Å². The van der Waals surface area contributed by atoms with Gasteiger partial charge in [0.25, 0.3) is 5.56 Å². The number of hydrogen-bond donors (Lipinski definition) is 1. The highest BCUT2D eigenvalue weighted by Gasteiger charge is 2.18. The lowest BCUT2D eigenvalue weighted by Gasteiger charge is -2.15. The van der Waals surface area contributed by atoms with Gasteiger partial charge in [0.2, 0.25) is 5.91 Å². The molecule has 1 amide bonds. The van der Waals surface area contributed by atoms with Crippen molar-refractivity contribution in [2.75, 3.05) is 5.32 Å². The van der Waals surface area contributed by atoms with Crippen LogP contribution in [0.15, 0.2) is 33.2 Å². The van der Waals surface area contributed by atoms with Gasteiger partial charge in [-0.3, -0.25) is 18.7 Å². The van der Waals surface area contributed by atoms with Crippen LogP contribution < -0.4 is 16.6 Å². The summed E-state index contributed by atoms with van der Waals surface area (Å²) >= 11 is 1.10. The highest BCUT2D eigenvalue weighted by molar-refractivity contribution is 7.04. The smallest absolute Gasteiger partial charge is 0.324 e. The molecule has 7 nitrogen and oxygen atoms in total. The number of benzene rings is 1. The number of amides is 1. The van der Waals surface area contributed by atoms with Gasteiger partial charge < -0.3 is 5.32 Å². The summed E-state index contributed by atoms with van der Waals surface area (Å²) in [6.45, 7) is 7.92. The Morgan fingerprint density at radius 2 is 2.00 bits per heavy atom. The second kappa shape index (κ2) is 8.10. The van der Waals surface area contributed by atoms with Crippen molar-refractivity contribution in [3.8, 4) is 0 Å². The first-order chi connectivity index (χ1) is 13.3. The molecule has 0 atom stereocenters. The van der Waals surface area contributed by atoms with E-state index in [0.717, 1.165) is 34.8 Å². The average Bonchev–Trinajstić information content (AvgIpc) is 3.13. The number of fused-ring (bicyclic) bond motifs is 1. The van der Waals surface area contributed by atoms with Gasteiger partial charge in [0.15, 0.2) is 5.52 Å². The van der Waals surface area contributed by atoms with E-state index in [4.69, 9.17) is 0 Å². The predicted molar refractivity (Wildman–Crippen MR) is 112 cm³/mol. The van der Waals surface area contributed by atoms with Crippen LogP contribution in [0.2, 0.25) is 0 Å². The second-order valence-corrected chi connectivity index (χ2v) is 7.87. The quantitative estimate of drug-likeness (QED) is 0.689. The molecule has 0 spiro atoms. The number of para-hydroxylation sites is 1. The lowest BCUT2D eigenvalue weighted by Crippen LogP contribution is -2.42. The molecule has 0 radical (unpaired) electrons. The summed E-state index contributed by atoms with van der Waals surface area (Å²) in [4.78, 5) is 38.3. The van der Waals surface area contributed by atoms with Gasteiger partial charge >= 0.3 is 5.69 Å². The number of anilines is 1. The first-order valence-corrected chi connectivity index (χ1v) is 10.1. The number of rotatable bonds is 6. The molecule has 0 aliphatic carbocycles. The minimum absolute atomic E-state index is 0.114. The molecule has 148 valence electrons. The topological polar surface area (TPSA) is 86.0 Å². The van der Waals surface area contributed by atoms with Crippen LogP contribution in [-0.4, -0.2) is 19.4 Å². The van der Waals surface area contributed by atoms with Gasteiger partial charge in [0.1, 0.15) is 6.54 Å². The van der Waals surface area contributed by atoms with Crippen molar-refractivity contribution in [1.29, 1.82) is 0 Å². The van der Waals surface area contributed by atoms with E-state index >= 15 is 0 Å². The Balaban J connectivity index is 2.01. The Hall–Kier alpha value is -2.74. The molecule has 2 heterocycles. The Kier molecular flexibility index (Phi) is 5.79. The molecule has 0 saturated carbocycles. The fourth-order valence-corrected chi connectivity index (χ4v) is 3.91. The van der Waals surface area contributed by atoms with Crippen LogP contribution in [0.5, 0.6) is 0 Å². The van der Waals surface area contributed by atoms with Gasteiger partial charge in [-0.1, -0.05) is 39.0 Å². The van der Waals surface area contributed by atoms with Crippen molar-refractivity contribution in [2.24, 2.45) is 5.92 Å². The molecule has 0 aliphatic rings. The average molecular weight is 401 g/mol. The number of nitrogens with one attached hydrogen (secondary N) is 1. The van der Waals surface area contributed by atoms with Crippen molar-refractivity contribution in [3.05, 3.63) is 55.5 Å². The highest BCUT2D eigenvalue weighted by atomic mass is 32.1. The van der Waals surface area contributed by atoms with Crippen LogP contribution >= 0.6 is 11.5 Å². The molecule has 2 aromatic heterocycles. The largest absolute Gasteiger partial charge is 0.332 e. The summed E-state index contributed by atoms with van der Waals surface area (Å²) < 4.78 is 6.64. The van der Waals surface area contributed by atoms with Crippen molar-refractivity contribution < 1.29 is 4.79 Å². The molecule has 28 heavy (non-hydrogen) atoms. The number of nitrogens with zero attached hydrogens (tertiary/aromatic N) is 3. The fourth-order valence-electron chi connectivity index (χ4n) is 3.24. The number of aromatic nitrogens is 3. The summed E-state index contributed by atoms with van der Waals surface area (Å²) in [7, 11) is 0. The van der Waals surface area contributed by atoms with Crippen LogP contribution in [0, 0.1) is 12.8 Å². The monoisotopic (exact) mass is 400 g/mol. The molecule has 0 unspecified atom stereocenters. The molecule has 0 bridgehead atoms. The summed E-state index contributed by atoms with van der Waals surface area (Å²) in [5.41, 5.74) is 2.51. The van der Waals surface area contributed by atoms with Gasteiger partial charge in [0, 0.05) is 17.6 Å². The van der Waals surface area contributed by atoms with Crippen molar-refractivity contribution in [1.82, 2.24) is 13.5 Å². The summed E-state index contributed by atoms with van der Waals surface area (Å²) in [6.07, 6.45) is 0.787. The minimum Gasteiger partial charge on any atom is -0.324 e. The zero-order valence-corrected chi connectivity index (χ0v) is 17.3. The van der Waals surface area contributed by atoms with E-state index in [-0.39, 0.29) is 30.4 Å². The van der Waals surface area contributed by atoms with Crippen molar-refractivity contribution >= 4 is 34.2 Å². The molecule has 1 N–H and O–H groups in total. The Morgan fingerprint density at radius 1 is 1.25 bits per heavy atom. The Bertz CT molecular complexity index is 1140. The third-order valence-electron chi connectivity index (χ3n) is 4.61. The first kappa shape index (κ1) is 20.0. The molecule has 1 aromatic carbocycles. The van der Waals surface area contributed by atoms with E-state index in [1.165, 1.54) is 9.13 Å². The highest BCUT2D eigenvalue weighted by Crippen LogP contribution is 2.21. The number of hydrogen-bond acceptors (Lipinski definition) is 5. The maximum Gasteiger partial charge on any atom is 0.332 e. The molecular formula is C20H24N4O3S. The zero-order valence-electron chi connectivity index (χ0n) is 16.5. The molecule has 0 fully saturated rings. The molecule has 0 aliphatic heterocycles. The molecule has 8 heteroatoms. The first-order valence-electron chi connectivity index (χ1n) is 9.29.